The van der Waals surface area contributed by atoms with Crippen molar-refractivity contribution in [1.82, 2.24) is 0 Å². The number of carbonyl (C=O) groups is 6. The molecule has 752 valence electrons. The highest BCUT2D eigenvalue weighted by atomic mass is 32.1. The Morgan fingerprint density at radius 1 is 0.315 bits per heavy atom. The highest BCUT2D eigenvalue weighted by Gasteiger charge is 2.42. The second-order valence-electron chi connectivity index (χ2n) is 35.8. The highest BCUT2D eigenvalue weighted by molar-refractivity contribution is 7.14. The van der Waals surface area contributed by atoms with Gasteiger partial charge in [0.25, 0.3) is 0 Å². The minimum Gasteiger partial charge on any atom is -0.480 e. The van der Waals surface area contributed by atoms with Gasteiger partial charge in [-0.1, -0.05) is 109 Å². The van der Waals surface area contributed by atoms with E-state index in [9.17, 15) is 76.1 Å². The number of ether oxygens (including phenoxy) is 9. The summed E-state index contributed by atoms with van der Waals surface area (Å²) in [4.78, 5) is 93.3. The molecule has 149 heavy (non-hydrogen) atoms. The van der Waals surface area contributed by atoms with Gasteiger partial charge in [0.15, 0.2) is 34.0 Å². The zero-order chi connectivity index (χ0) is 107. The van der Waals surface area contributed by atoms with E-state index in [1.54, 1.807) is 151 Å². The third kappa shape index (κ3) is 27.5. The van der Waals surface area contributed by atoms with E-state index in [-0.39, 0.29) is 126 Å². The van der Waals surface area contributed by atoms with E-state index in [4.69, 9.17) is 42.6 Å². The number of hydrogen-bond acceptors (Lipinski definition) is 30. The Balaban J connectivity index is 0.744. The molecule has 0 radical (unpaired) electrons. The summed E-state index contributed by atoms with van der Waals surface area (Å²) in [6, 6.07) is 67.4. The fourth-order valence-corrected chi connectivity index (χ4v) is 19.9. The molecule has 0 aliphatic carbocycles. The number of nitrogens with zero attached hydrogens (tertiary/aromatic N) is 12. The predicted molar refractivity (Wildman–Crippen MR) is 574 cm³/mol. The number of nitriles is 9. The van der Waals surface area contributed by atoms with Crippen molar-refractivity contribution in [3.05, 3.63) is 329 Å². The zero-order valence-corrected chi connectivity index (χ0v) is 87.3. The van der Waals surface area contributed by atoms with Gasteiger partial charge in [0.05, 0.1) is 38.5 Å². The van der Waals surface area contributed by atoms with Gasteiger partial charge in [-0.3, -0.25) is 28.8 Å². The van der Waals surface area contributed by atoms with Gasteiger partial charge in [-0.2, -0.15) is 47.4 Å². The summed E-state index contributed by atoms with van der Waals surface area (Å²) >= 11 is 4.18. The molecule has 0 spiro atoms. The number of anilines is 3. The molecule has 0 saturated heterocycles. The predicted octanol–water partition coefficient (Wildman–Crippen LogP) is 24.4. The molecule has 27 nitrogen and oxygen atoms in total. The smallest absolute Gasteiger partial charge is 0.311 e. The van der Waals surface area contributed by atoms with Gasteiger partial charge in [-0.25, -0.2) is 0 Å². The average molecular weight is 2040 g/mol. The van der Waals surface area contributed by atoms with Gasteiger partial charge >= 0.3 is 35.8 Å². The molecule has 3 aliphatic heterocycles. The summed E-state index contributed by atoms with van der Waals surface area (Å²) in [6.45, 7) is 29.3. The van der Waals surface area contributed by atoms with E-state index in [0.29, 0.717) is 64.7 Å². The lowest BCUT2D eigenvalue weighted by Gasteiger charge is -2.32. The van der Waals surface area contributed by atoms with E-state index >= 15 is 0 Å². The Bertz CT molecular complexity index is 6680. The maximum Gasteiger partial charge on any atom is 0.311 e. The Kier molecular flexibility index (Phi) is 37.5. The molecule has 6 aromatic carbocycles. The van der Waals surface area contributed by atoms with Gasteiger partial charge in [0, 0.05) is 124 Å². The first-order chi connectivity index (χ1) is 71.7. The molecular weight excluding hydrogens is 1930 g/mol. The van der Waals surface area contributed by atoms with Crippen LogP contribution in [0.4, 0.5) is 17.1 Å². The number of thiophene rings is 3. The summed E-state index contributed by atoms with van der Waals surface area (Å²) in [5, 5.41) is 89.2. The van der Waals surface area contributed by atoms with Crippen molar-refractivity contribution in [1.29, 1.82) is 47.4 Å². The van der Waals surface area contributed by atoms with Crippen molar-refractivity contribution < 1.29 is 71.4 Å². The van der Waals surface area contributed by atoms with Crippen molar-refractivity contribution in [2.45, 2.75) is 171 Å². The van der Waals surface area contributed by atoms with Crippen LogP contribution in [0.1, 0.15) is 208 Å². The zero-order valence-electron chi connectivity index (χ0n) is 84.8. The molecule has 0 atom stereocenters. The molecular formula is C119H108N12O15S3. The van der Waals surface area contributed by atoms with E-state index in [2.05, 4.69) is 111 Å². The van der Waals surface area contributed by atoms with Crippen LogP contribution in [0.25, 0.3) is 54.7 Å². The van der Waals surface area contributed by atoms with Crippen molar-refractivity contribution in [2.24, 2.45) is 0 Å². The summed E-state index contributed by atoms with van der Waals surface area (Å²) in [5.41, 5.74) is 5.87. The van der Waals surface area contributed by atoms with Crippen molar-refractivity contribution in [2.75, 3.05) is 54.0 Å². The summed E-state index contributed by atoms with van der Waals surface area (Å²) < 4.78 is 53.0. The van der Waals surface area contributed by atoms with E-state index in [1.165, 1.54) is 34.0 Å². The molecule has 3 aliphatic rings. The maximum atomic E-state index is 13.7. The second kappa shape index (κ2) is 50.7. The molecule has 0 unspecified atom stereocenters. The number of hydrogen-bond donors (Lipinski definition) is 0. The van der Waals surface area contributed by atoms with Crippen LogP contribution in [0.15, 0.2) is 249 Å². The van der Waals surface area contributed by atoms with Gasteiger partial charge < -0.3 is 57.3 Å². The third-order valence-corrected chi connectivity index (χ3v) is 28.4. The van der Waals surface area contributed by atoms with Crippen LogP contribution in [-0.2, 0) is 82.4 Å². The first-order valence-electron chi connectivity index (χ1n) is 48.3. The Morgan fingerprint density at radius 3 is 0.758 bits per heavy atom. The number of benzene rings is 6. The Morgan fingerprint density at radius 2 is 0.544 bits per heavy atom. The fraction of sp³-hybridized carbons (Fsp3) is 0.269. The minimum absolute atomic E-state index is 0.0342. The molecule has 6 heterocycles. The molecule has 0 fully saturated rings. The first-order valence-corrected chi connectivity index (χ1v) is 50.7. The fourth-order valence-electron chi connectivity index (χ4n) is 16.9. The van der Waals surface area contributed by atoms with Crippen LogP contribution in [-0.4, -0.2) is 91.9 Å². The molecule has 12 rings (SSSR count). The molecule has 0 saturated carbocycles. The van der Waals surface area contributed by atoms with Gasteiger partial charge in [0.2, 0.25) is 0 Å². The maximum absolute atomic E-state index is 13.7. The summed E-state index contributed by atoms with van der Waals surface area (Å²) in [5.74, 6) is -4.23. The standard InChI is InChI=1S/C119H108N12O15S3/c1-14-129(15-2)89-35-20-77(21-36-89)26-47-95-62-80(104(147-95)53-50-101-98(71-126)113(83(65-120)66-121)144-116(101,7)8)74-138-107(132)56-59-110(135)141-92-41-29-86(30-42-92)119(13,87-31-43-93(44-32-87)142-111(136)60-57-108(133)139-75-81-63-96(48-27-78-22-37-90(38-23-78)130(16-3)17-4)148-105(81)54-51-102-99(72-127)114(84(67-122)68-123)145-117(102,9)10)88-33-45-94(46-34-88)143-112(137)61-58-109(134)140-76-82-64-97(49-28-79-24-39-91(40-25-79)131(18-5)19-6)149-106(82)55-52-103-100(73-128)115(85(69-124)70-125)146-118(103,11)12/h20-55,62-64H,14-19,56-61,74-76H2,1-13H3/b47-26+,48-27+,49-28+,53-50+,54-51+,55-52+. The molecule has 0 amide bonds. The van der Waals surface area contributed by atoms with Gasteiger partial charge in [0.1, 0.15) is 125 Å². The number of carbonyl (C=O) groups excluding carboxylic acids is 6. The van der Waals surface area contributed by atoms with Gasteiger partial charge in [-0.15, -0.1) is 34.0 Å². The molecule has 0 N–H and O–H groups in total. The first kappa shape index (κ1) is 110. The molecule has 0 bridgehead atoms. The lowest BCUT2D eigenvalue weighted by molar-refractivity contribution is -0.148. The summed E-state index contributed by atoms with van der Waals surface area (Å²) in [6.07, 6.45) is 19.9. The van der Waals surface area contributed by atoms with E-state index < -0.39 is 58.0 Å². The minimum atomic E-state index is -1.10. The largest absolute Gasteiger partial charge is 0.480 e. The number of esters is 6. The monoisotopic (exact) mass is 2040 g/mol. The van der Waals surface area contributed by atoms with Crippen molar-refractivity contribution >= 4 is 142 Å². The molecule has 30 heteroatoms. The number of rotatable bonds is 42. The highest BCUT2D eigenvalue weighted by Crippen LogP contribution is 2.47. The van der Waals surface area contributed by atoms with E-state index in [1.807, 2.05) is 134 Å². The Labute approximate surface area is 879 Å². The van der Waals surface area contributed by atoms with Crippen LogP contribution in [0.3, 0.4) is 0 Å². The second-order valence-corrected chi connectivity index (χ2v) is 39.2. The third-order valence-electron chi connectivity index (χ3n) is 25.1. The topological polar surface area (TPSA) is 409 Å². The van der Waals surface area contributed by atoms with Crippen molar-refractivity contribution in [3.63, 3.8) is 0 Å². The van der Waals surface area contributed by atoms with Crippen LogP contribution >= 0.6 is 34.0 Å². The quantitative estimate of drug-likeness (QED) is 0.0113. The van der Waals surface area contributed by atoms with Crippen molar-refractivity contribution in [3.8, 4) is 71.9 Å². The SMILES string of the molecule is CCN(CC)c1ccc(/C=C/c2cc(COC(=O)CCC(=O)Oc3ccc(C(C)(c4ccc(OC(=O)CCC(=O)OCc5cc(/C=C/c6ccc(N(CC)CC)cc6)sc5/C=C/C5=C(C#N)C(=C(C#N)C#N)OC5(C)C)cc4)c4ccc(OC(=O)CCC(=O)OCc5cc(/C=C/c6ccc(N(CC)CC)cc6)sc5/C=C/C5=C(C#N)C(=C(C#N)C#N)OC5(C)C)cc4)cc3)c(/C=C/C3=C(C#N)C(=C(C#N)C#N)OC3(C)C)s2)cc1. The van der Waals surface area contributed by atoms with Crippen LogP contribution < -0.4 is 28.9 Å². The molecule has 3 aromatic heterocycles. The summed E-state index contributed by atoms with van der Waals surface area (Å²) in [7, 11) is 0. The normalized spacial score (nSPS) is 13.8. The van der Waals surface area contributed by atoms with Gasteiger partial charge in [-0.05, 0) is 251 Å². The lowest BCUT2D eigenvalue weighted by atomic mass is 9.71. The molecule has 9 aromatic rings. The van der Waals surface area contributed by atoms with E-state index in [0.717, 1.165) is 87.7 Å². The van der Waals surface area contributed by atoms with Crippen LogP contribution in [0, 0.1) is 102 Å². The average Bonchev–Trinajstić information content (AvgIpc) is 1.40. The van der Waals surface area contributed by atoms with Crippen LogP contribution in [0.5, 0.6) is 17.2 Å². The lowest BCUT2D eigenvalue weighted by Crippen LogP contribution is -2.25. The Hall–Kier alpha value is -17.7. The number of allylic oxidation sites excluding steroid dienone is 6. The van der Waals surface area contributed by atoms with Crippen LogP contribution in [0.2, 0.25) is 0 Å².